The molecule has 0 atom stereocenters. The van der Waals surface area contributed by atoms with Crippen LogP contribution in [-0.4, -0.2) is 26.3 Å². The number of nitrogens with one attached hydrogen (secondary N) is 1. The lowest BCUT2D eigenvalue weighted by atomic mass is 10.3. The zero-order valence-electron chi connectivity index (χ0n) is 10.1. The first kappa shape index (κ1) is 15.8. The summed E-state index contributed by atoms with van der Waals surface area (Å²) in [5.74, 6) is 1.70. The molecule has 17 heavy (non-hydrogen) atoms. The number of ether oxygens (including phenoxy) is 2. The Bertz CT molecular complexity index is 301. The van der Waals surface area contributed by atoms with E-state index in [1.807, 2.05) is 24.3 Å². The van der Waals surface area contributed by atoms with Crippen molar-refractivity contribution in [3.05, 3.63) is 36.9 Å². The van der Waals surface area contributed by atoms with Gasteiger partial charge in [-0.15, -0.1) is 12.4 Å². The van der Waals surface area contributed by atoms with Crippen molar-refractivity contribution in [2.45, 2.75) is 6.92 Å². The van der Waals surface area contributed by atoms with Gasteiger partial charge >= 0.3 is 0 Å². The van der Waals surface area contributed by atoms with Crippen molar-refractivity contribution >= 4 is 12.4 Å². The lowest BCUT2D eigenvalue weighted by Crippen LogP contribution is -2.20. The summed E-state index contributed by atoms with van der Waals surface area (Å²) in [5.41, 5.74) is 0. The third-order valence-electron chi connectivity index (χ3n) is 1.99. The summed E-state index contributed by atoms with van der Waals surface area (Å²) in [7, 11) is 0. The van der Waals surface area contributed by atoms with Crippen LogP contribution in [0.1, 0.15) is 6.92 Å². The molecule has 1 rings (SSSR count). The Morgan fingerprint density at radius 3 is 2.29 bits per heavy atom. The van der Waals surface area contributed by atoms with Crippen LogP contribution in [0, 0.1) is 0 Å². The van der Waals surface area contributed by atoms with Crippen LogP contribution in [0.3, 0.4) is 0 Å². The van der Waals surface area contributed by atoms with Gasteiger partial charge in [-0.1, -0.05) is 19.6 Å². The zero-order chi connectivity index (χ0) is 11.6. The van der Waals surface area contributed by atoms with Crippen molar-refractivity contribution in [1.29, 1.82) is 0 Å². The minimum atomic E-state index is 0. The van der Waals surface area contributed by atoms with Gasteiger partial charge in [0.05, 0.1) is 0 Å². The molecule has 0 saturated heterocycles. The number of hydrogen-bond donors (Lipinski definition) is 1. The fraction of sp³-hybridized carbons (Fsp3) is 0.385. The van der Waals surface area contributed by atoms with E-state index < -0.39 is 0 Å². The molecule has 0 aliphatic rings. The molecule has 0 heterocycles. The van der Waals surface area contributed by atoms with E-state index in [-0.39, 0.29) is 12.4 Å². The second kappa shape index (κ2) is 10.00. The van der Waals surface area contributed by atoms with Gasteiger partial charge in [-0.25, -0.2) is 0 Å². The Morgan fingerprint density at radius 1 is 1.18 bits per heavy atom. The molecule has 4 heteroatoms. The third kappa shape index (κ3) is 6.87. The van der Waals surface area contributed by atoms with Crippen LogP contribution in [0.25, 0.3) is 0 Å². The molecule has 0 unspecified atom stereocenters. The van der Waals surface area contributed by atoms with E-state index >= 15 is 0 Å². The Labute approximate surface area is 109 Å². The highest BCUT2D eigenvalue weighted by Gasteiger charge is 1.95. The number of hydrogen-bond acceptors (Lipinski definition) is 3. The Morgan fingerprint density at radius 2 is 1.76 bits per heavy atom. The van der Waals surface area contributed by atoms with Crippen LogP contribution >= 0.6 is 12.4 Å². The Kier molecular flexibility index (Phi) is 9.30. The third-order valence-corrected chi connectivity index (χ3v) is 1.99. The molecule has 0 aromatic heterocycles. The van der Waals surface area contributed by atoms with Gasteiger partial charge in [0.1, 0.15) is 24.7 Å². The smallest absolute Gasteiger partial charge is 0.120 e. The van der Waals surface area contributed by atoms with Gasteiger partial charge in [-0.3, -0.25) is 0 Å². The highest BCUT2D eigenvalue weighted by Crippen LogP contribution is 2.17. The van der Waals surface area contributed by atoms with Crippen molar-refractivity contribution < 1.29 is 9.47 Å². The number of benzene rings is 1. The lowest BCUT2D eigenvalue weighted by Gasteiger charge is -2.07. The summed E-state index contributed by atoms with van der Waals surface area (Å²) in [5, 5.41) is 3.20. The van der Waals surface area contributed by atoms with Crippen LogP contribution in [0.2, 0.25) is 0 Å². The maximum Gasteiger partial charge on any atom is 0.120 e. The number of rotatable bonds is 8. The highest BCUT2D eigenvalue weighted by molar-refractivity contribution is 5.85. The van der Waals surface area contributed by atoms with Gasteiger partial charge in [-0.05, 0) is 30.8 Å². The molecule has 0 spiro atoms. The van der Waals surface area contributed by atoms with Gasteiger partial charge in [0, 0.05) is 6.54 Å². The standard InChI is InChI=1S/C13H19NO2.ClH/c1-3-10-15-12-5-7-13(8-6-12)16-11-9-14-4-2;/h3,5-8,14H,1,4,9-11H2,2H3;1H. The summed E-state index contributed by atoms with van der Waals surface area (Å²) in [6.07, 6.45) is 1.72. The largest absolute Gasteiger partial charge is 0.492 e. The average Bonchev–Trinajstić information content (AvgIpc) is 2.33. The van der Waals surface area contributed by atoms with E-state index in [9.17, 15) is 0 Å². The first-order valence-electron chi connectivity index (χ1n) is 5.54. The highest BCUT2D eigenvalue weighted by atomic mass is 35.5. The van der Waals surface area contributed by atoms with Crippen molar-refractivity contribution in [2.24, 2.45) is 0 Å². The zero-order valence-corrected chi connectivity index (χ0v) is 11.0. The minimum absolute atomic E-state index is 0. The lowest BCUT2D eigenvalue weighted by molar-refractivity contribution is 0.314. The first-order chi connectivity index (χ1) is 7.86. The Hall–Kier alpha value is -1.19. The minimum Gasteiger partial charge on any atom is -0.492 e. The normalized spacial score (nSPS) is 9.24. The molecule has 1 N–H and O–H groups in total. The average molecular weight is 258 g/mol. The maximum absolute atomic E-state index is 5.53. The van der Waals surface area contributed by atoms with Gasteiger partial charge in [-0.2, -0.15) is 0 Å². The second-order valence-electron chi connectivity index (χ2n) is 3.27. The van der Waals surface area contributed by atoms with E-state index in [0.717, 1.165) is 24.6 Å². The Balaban J connectivity index is 0.00000256. The summed E-state index contributed by atoms with van der Waals surface area (Å²) in [6, 6.07) is 7.60. The second-order valence-corrected chi connectivity index (χ2v) is 3.27. The van der Waals surface area contributed by atoms with E-state index in [0.29, 0.717) is 13.2 Å². The summed E-state index contributed by atoms with van der Waals surface area (Å²) in [6.45, 7) is 8.72. The van der Waals surface area contributed by atoms with Gasteiger partial charge in [0.15, 0.2) is 0 Å². The molecular weight excluding hydrogens is 238 g/mol. The summed E-state index contributed by atoms with van der Waals surface area (Å²) in [4.78, 5) is 0. The van der Waals surface area contributed by atoms with Crippen molar-refractivity contribution in [3.8, 4) is 11.5 Å². The van der Waals surface area contributed by atoms with Crippen molar-refractivity contribution in [2.75, 3.05) is 26.3 Å². The van der Waals surface area contributed by atoms with Gasteiger partial charge in [0.25, 0.3) is 0 Å². The van der Waals surface area contributed by atoms with E-state index in [1.54, 1.807) is 6.08 Å². The fourth-order valence-electron chi connectivity index (χ4n) is 1.21. The van der Waals surface area contributed by atoms with Crippen LogP contribution in [0.15, 0.2) is 36.9 Å². The van der Waals surface area contributed by atoms with Crippen LogP contribution in [0.4, 0.5) is 0 Å². The van der Waals surface area contributed by atoms with E-state index in [1.165, 1.54) is 0 Å². The molecular formula is C13H20ClNO2. The molecule has 0 amide bonds. The molecule has 0 saturated carbocycles. The molecule has 1 aromatic rings. The molecule has 0 bridgehead atoms. The molecule has 3 nitrogen and oxygen atoms in total. The monoisotopic (exact) mass is 257 g/mol. The molecule has 96 valence electrons. The first-order valence-corrected chi connectivity index (χ1v) is 5.54. The molecule has 0 fully saturated rings. The summed E-state index contributed by atoms with van der Waals surface area (Å²) < 4.78 is 10.9. The SMILES string of the molecule is C=CCOc1ccc(OCCNCC)cc1.Cl. The molecule has 0 aliphatic carbocycles. The van der Waals surface area contributed by atoms with Crippen LogP contribution in [-0.2, 0) is 0 Å². The molecule has 0 radical (unpaired) electrons. The number of likely N-dealkylation sites (N-methyl/N-ethyl adjacent to an activating group) is 1. The maximum atomic E-state index is 5.53. The fourth-order valence-corrected chi connectivity index (χ4v) is 1.21. The van der Waals surface area contributed by atoms with Crippen LogP contribution < -0.4 is 14.8 Å². The van der Waals surface area contributed by atoms with Crippen molar-refractivity contribution in [3.63, 3.8) is 0 Å². The number of halogens is 1. The molecule has 1 aromatic carbocycles. The van der Waals surface area contributed by atoms with Crippen LogP contribution in [0.5, 0.6) is 11.5 Å². The summed E-state index contributed by atoms with van der Waals surface area (Å²) >= 11 is 0. The quantitative estimate of drug-likeness (QED) is 0.574. The topological polar surface area (TPSA) is 30.5 Å². The van der Waals surface area contributed by atoms with E-state index in [2.05, 4.69) is 18.8 Å². The predicted molar refractivity (Wildman–Crippen MR) is 73.4 cm³/mol. The van der Waals surface area contributed by atoms with E-state index in [4.69, 9.17) is 9.47 Å². The van der Waals surface area contributed by atoms with Crippen molar-refractivity contribution in [1.82, 2.24) is 5.32 Å². The predicted octanol–water partition coefficient (Wildman–Crippen LogP) is 2.66. The van der Waals surface area contributed by atoms with Gasteiger partial charge < -0.3 is 14.8 Å². The molecule has 0 aliphatic heterocycles. The van der Waals surface area contributed by atoms with Gasteiger partial charge in [0.2, 0.25) is 0 Å².